The molecule has 0 aliphatic carbocycles. The lowest BCUT2D eigenvalue weighted by molar-refractivity contribution is -0.116. The van der Waals surface area contributed by atoms with Crippen LogP contribution in [0.15, 0.2) is 53.7 Å². The van der Waals surface area contributed by atoms with Gasteiger partial charge in [0.1, 0.15) is 0 Å². The van der Waals surface area contributed by atoms with Gasteiger partial charge in [-0.05, 0) is 26.0 Å². The summed E-state index contributed by atoms with van der Waals surface area (Å²) in [5, 5.41) is 9.23. The molecule has 0 atom stereocenters. The van der Waals surface area contributed by atoms with Crippen molar-refractivity contribution in [2.75, 3.05) is 24.9 Å². The van der Waals surface area contributed by atoms with E-state index in [0.29, 0.717) is 16.7 Å². The van der Waals surface area contributed by atoms with Crippen LogP contribution < -0.4 is 14.4 Å². The molecule has 3 aromatic rings. The van der Waals surface area contributed by atoms with Crippen LogP contribution in [0.3, 0.4) is 0 Å². The molecule has 0 aliphatic heterocycles. The molecule has 0 N–H and O–H groups in total. The van der Waals surface area contributed by atoms with E-state index in [1.54, 1.807) is 25.2 Å². The molecule has 1 heterocycles. The van der Waals surface area contributed by atoms with Gasteiger partial charge in [0.05, 0.1) is 20.0 Å². The lowest BCUT2D eigenvalue weighted by Gasteiger charge is -2.27. The molecule has 0 aliphatic rings. The molecule has 0 saturated carbocycles. The van der Waals surface area contributed by atoms with Crippen molar-refractivity contribution in [2.45, 2.75) is 25.0 Å². The minimum absolute atomic E-state index is 0.0180. The van der Waals surface area contributed by atoms with Crippen LogP contribution in [0.5, 0.6) is 11.5 Å². The molecule has 0 fully saturated rings. The lowest BCUT2D eigenvalue weighted by atomic mass is 10.2. The van der Waals surface area contributed by atoms with E-state index in [1.165, 1.54) is 11.8 Å². The minimum Gasteiger partial charge on any atom is -0.493 e. The highest BCUT2D eigenvalue weighted by Crippen LogP contribution is 2.33. The maximum atomic E-state index is 13.1. The second kappa shape index (κ2) is 9.67. The van der Waals surface area contributed by atoms with E-state index in [9.17, 15) is 4.79 Å². The molecule has 158 valence electrons. The van der Waals surface area contributed by atoms with Gasteiger partial charge in [-0.15, -0.1) is 10.2 Å². The van der Waals surface area contributed by atoms with Crippen LogP contribution in [-0.4, -0.2) is 46.7 Å². The van der Waals surface area contributed by atoms with Crippen molar-refractivity contribution in [3.63, 3.8) is 0 Å². The molecule has 8 heteroatoms. The van der Waals surface area contributed by atoms with Crippen LogP contribution in [0.25, 0.3) is 11.4 Å². The third kappa shape index (κ3) is 4.59. The number of ether oxygens (including phenoxy) is 2. The van der Waals surface area contributed by atoms with E-state index in [2.05, 4.69) is 10.2 Å². The lowest BCUT2D eigenvalue weighted by Crippen LogP contribution is -2.38. The first-order valence-corrected chi connectivity index (χ1v) is 10.6. The number of benzene rings is 2. The monoisotopic (exact) mass is 426 g/mol. The van der Waals surface area contributed by atoms with Crippen LogP contribution in [0, 0.1) is 0 Å². The van der Waals surface area contributed by atoms with Gasteiger partial charge in [0.15, 0.2) is 22.5 Å². The van der Waals surface area contributed by atoms with E-state index in [4.69, 9.17) is 9.47 Å². The third-order valence-corrected chi connectivity index (χ3v) is 5.63. The number of rotatable bonds is 8. The summed E-state index contributed by atoms with van der Waals surface area (Å²) in [6, 6.07) is 15.3. The van der Waals surface area contributed by atoms with E-state index < -0.39 is 0 Å². The zero-order valence-electron chi connectivity index (χ0n) is 17.8. The van der Waals surface area contributed by atoms with Crippen LogP contribution in [0.1, 0.15) is 13.8 Å². The van der Waals surface area contributed by atoms with Gasteiger partial charge in [0, 0.05) is 30.4 Å². The Morgan fingerprint density at radius 3 is 2.40 bits per heavy atom. The van der Waals surface area contributed by atoms with Gasteiger partial charge >= 0.3 is 0 Å². The Kier molecular flexibility index (Phi) is 6.99. The largest absolute Gasteiger partial charge is 0.493 e. The number of methoxy groups -OCH3 is 2. The number of hydrogen-bond acceptors (Lipinski definition) is 6. The fraction of sp³-hybridized carbons (Fsp3) is 0.318. The highest BCUT2D eigenvalue weighted by atomic mass is 32.2. The molecule has 0 bridgehead atoms. The van der Waals surface area contributed by atoms with Crippen molar-refractivity contribution in [3.8, 4) is 22.9 Å². The number of aromatic nitrogens is 3. The van der Waals surface area contributed by atoms with E-state index in [0.717, 1.165) is 17.1 Å². The van der Waals surface area contributed by atoms with Crippen molar-refractivity contribution in [1.82, 2.24) is 14.8 Å². The molecule has 1 amide bonds. The summed E-state index contributed by atoms with van der Waals surface area (Å²) in [5.74, 6) is 2.20. The molecule has 0 saturated heterocycles. The highest BCUT2D eigenvalue weighted by Gasteiger charge is 2.22. The molecule has 0 unspecified atom stereocenters. The fourth-order valence-corrected chi connectivity index (χ4v) is 3.95. The Hall–Kier alpha value is -3.00. The number of anilines is 1. The molecule has 0 radical (unpaired) electrons. The maximum Gasteiger partial charge on any atom is 0.237 e. The van der Waals surface area contributed by atoms with Crippen molar-refractivity contribution in [1.29, 1.82) is 0 Å². The molecule has 0 spiro atoms. The second-order valence-electron chi connectivity index (χ2n) is 6.92. The predicted octanol–water partition coefficient (Wildman–Crippen LogP) is 4.03. The Morgan fingerprint density at radius 1 is 1.07 bits per heavy atom. The molecular formula is C22H26N4O3S. The number of amides is 1. The van der Waals surface area contributed by atoms with E-state index in [-0.39, 0.29) is 17.7 Å². The molecule has 1 aromatic heterocycles. The summed E-state index contributed by atoms with van der Waals surface area (Å²) >= 11 is 1.37. The second-order valence-corrected chi connectivity index (χ2v) is 7.86. The van der Waals surface area contributed by atoms with E-state index in [1.807, 2.05) is 67.9 Å². The SMILES string of the molecule is COc1ccc(N(C(=O)CSc2nnc(-c3ccccc3)n2C)C(C)C)cc1OC. The topological polar surface area (TPSA) is 69.5 Å². The van der Waals surface area contributed by atoms with Crippen LogP contribution in [-0.2, 0) is 11.8 Å². The molecule has 2 aromatic carbocycles. The van der Waals surface area contributed by atoms with Crippen LogP contribution >= 0.6 is 11.8 Å². The standard InChI is InChI=1S/C22H26N4O3S/c1-15(2)26(17-11-12-18(28-4)19(13-17)29-5)20(27)14-30-22-24-23-21(25(22)3)16-9-7-6-8-10-16/h6-13,15H,14H2,1-5H3. The van der Waals surface area contributed by atoms with Gasteiger partial charge in [-0.2, -0.15) is 0 Å². The van der Waals surface area contributed by atoms with E-state index >= 15 is 0 Å². The Balaban J connectivity index is 1.76. The number of carbonyl (C=O) groups excluding carboxylic acids is 1. The van der Waals surface area contributed by atoms with Crippen molar-refractivity contribution in [2.24, 2.45) is 7.05 Å². The maximum absolute atomic E-state index is 13.1. The van der Waals surface area contributed by atoms with Crippen LogP contribution in [0.4, 0.5) is 5.69 Å². The molecule has 7 nitrogen and oxygen atoms in total. The first-order chi connectivity index (χ1) is 14.5. The number of carbonyl (C=O) groups is 1. The normalized spacial score (nSPS) is 10.9. The summed E-state index contributed by atoms with van der Waals surface area (Å²) in [6.45, 7) is 3.96. The van der Waals surface area contributed by atoms with Gasteiger partial charge in [0.2, 0.25) is 5.91 Å². The highest BCUT2D eigenvalue weighted by molar-refractivity contribution is 7.99. The summed E-state index contributed by atoms with van der Waals surface area (Å²) in [4.78, 5) is 14.8. The molecule has 3 rings (SSSR count). The summed E-state index contributed by atoms with van der Waals surface area (Å²) in [7, 11) is 5.07. The predicted molar refractivity (Wildman–Crippen MR) is 119 cm³/mol. The smallest absolute Gasteiger partial charge is 0.237 e. The van der Waals surface area contributed by atoms with Crippen molar-refractivity contribution >= 4 is 23.4 Å². The van der Waals surface area contributed by atoms with Gasteiger partial charge < -0.3 is 18.9 Å². The number of nitrogens with zero attached hydrogens (tertiary/aromatic N) is 4. The first-order valence-electron chi connectivity index (χ1n) is 9.58. The first kappa shape index (κ1) is 21.7. The molecular weight excluding hydrogens is 400 g/mol. The molecule has 30 heavy (non-hydrogen) atoms. The van der Waals surface area contributed by atoms with Gasteiger partial charge in [-0.25, -0.2) is 0 Å². The third-order valence-electron chi connectivity index (χ3n) is 4.62. The van der Waals surface area contributed by atoms with Crippen molar-refractivity contribution in [3.05, 3.63) is 48.5 Å². The van der Waals surface area contributed by atoms with Crippen LogP contribution in [0.2, 0.25) is 0 Å². The average molecular weight is 427 g/mol. The number of thioether (sulfide) groups is 1. The van der Waals surface area contributed by atoms with Crippen molar-refractivity contribution < 1.29 is 14.3 Å². The zero-order chi connectivity index (χ0) is 21.7. The van der Waals surface area contributed by atoms with Gasteiger partial charge in [0.25, 0.3) is 0 Å². The van der Waals surface area contributed by atoms with Gasteiger partial charge in [-0.3, -0.25) is 4.79 Å². The summed E-state index contributed by atoms with van der Waals surface area (Å²) < 4.78 is 12.6. The summed E-state index contributed by atoms with van der Waals surface area (Å²) in [6.07, 6.45) is 0. The fourth-order valence-electron chi connectivity index (χ4n) is 3.18. The minimum atomic E-state index is -0.0218. The average Bonchev–Trinajstić information content (AvgIpc) is 3.12. The van der Waals surface area contributed by atoms with Gasteiger partial charge in [-0.1, -0.05) is 42.1 Å². The Morgan fingerprint density at radius 2 is 1.77 bits per heavy atom. The Labute approximate surface area is 181 Å². The number of hydrogen-bond donors (Lipinski definition) is 0. The zero-order valence-corrected chi connectivity index (χ0v) is 18.6. The quantitative estimate of drug-likeness (QED) is 0.507. The summed E-state index contributed by atoms with van der Waals surface area (Å²) in [5.41, 5.74) is 1.75. The Bertz CT molecular complexity index is 1000.